The van der Waals surface area contributed by atoms with E-state index in [1.165, 1.54) is 12.1 Å². The maximum Gasteiger partial charge on any atom is 0.229 e. The lowest BCUT2D eigenvalue weighted by molar-refractivity contribution is -0.123. The highest BCUT2D eigenvalue weighted by atomic mass is 16.3. The molecule has 0 spiro atoms. The van der Waals surface area contributed by atoms with Crippen molar-refractivity contribution >= 4 is 17.4 Å². The third-order valence-electron chi connectivity index (χ3n) is 5.43. The lowest BCUT2D eigenvalue weighted by Gasteiger charge is -2.30. The van der Waals surface area contributed by atoms with Crippen molar-refractivity contribution in [2.45, 2.75) is 26.7 Å². The zero-order valence-electron chi connectivity index (χ0n) is 17.1. The molecular weight excluding hydrogens is 378 g/mol. The van der Waals surface area contributed by atoms with E-state index in [0.717, 1.165) is 5.56 Å². The molecule has 0 radical (unpaired) electrons. The quantitative estimate of drug-likeness (QED) is 0.450. The van der Waals surface area contributed by atoms with Crippen LogP contribution >= 0.6 is 0 Å². The first-order valence-electron chi connectivity index (χ1n) is 9.79. The van der Waals surface area contributed by atoms with E-state index >= 15 is 0 Å². The summed E-state index contributed by atoms with van der Waals surface area (Å²) >= 11 is 0. The van der Waals surface area contributed by atoms with E-state index in [1.54, 1.807) is 24.3 Å². The predicted molar refractivity (Wildman–Crippen MR) is 115 cm³/mol. The maximum atomic E-state index is 13.1. The number of ketones is 1. The van der Waals surface area contributed by atoms with E-state index in [0.29, 0.717) is 16.8 Å². The molecule has 5 nitrogen and oxygen atoms in total. The number of carbonyl (C=O) groups excluding carboxylic acids is 2. The normalized spacial score (nSPS) is 13.5. The van der Waals surface area contributed by atoms with E-state index in [4.69, 9.17) is 0 Å². The number of fused-ring (bicyclic) bond motifs is 2. The third-order valence-corrected chi connectivity index (χ3v) is 5.43. The van der Waals surface area contributed by atoms with Gasteiger partial charge in [0.2, 0.25) is 11.7 Å². The molecule has 3 aromatic carbocycles. The second kappa shape index (κ2) is 7.02. The van der Waals surface area contributed by atoms with Gasteiger partial charge in [0.05, 0.1) is 11.1 Å². The van der Waals surface area contributed by atoms with Crippen molar-refractivity contribution in [3.63, 3.8) is 0 Å². The maximum absolute atomic E-state index is 13.1. The Labute approximate surface area is 175 Å². The number of phenolic OH excluding ortho intramolecular Hbond substituents is 2. The molecule has 0 saturated carbocycles. The summed E-state index contributed by atoms with van der Waals surface area (Å²) in [6, 6.07) is 17.3. The molecule has 0 heterocycles. The summed E-state index contributed by atoms with van der Waals surface area (Å²) in [5, 5.41) is 23.9. The van der Waals surface area contributed by atoms with Gasteiger partial charge in [-0.2, -0.15) is 0 Å². The fraction of sp³-hybridized carbons (Fsp3) is 0.200. The van der Waals surface area contributed by atoms with Gasteiger partial charge in [-0.05, 0) is 34.9 Å². The molecule has 0 aromatic heterocycles. The number of benzene rings is 3. The molecule has 5 heteroatoms. The third kappa shape index (κ3) is 3.12. The van der Waals surface area contributed by atoms with Gasteiger partial charge in [0.25, 0.3) is 0 Å². The number of nitrogens with one attached hydrogen (secondary N) is 1. The van der Waals surface area contributed by atoms with Gasteiger partial charge in [0.1, 0.15) is 11.5 Å². The molecule has 0 unspecified atom stereocenters. The van der Waals surface area contributed by atoms with Crippen molar-refractivity contribution in [3.05, 3.63) is 88.5 Å². The highest BCUT2D eigenvalue weighted by Crippen LogP contribution is 2.47. The van der Waals surface area contributed by atoms with Crippen molar-refractivity contribution in [3.8, 4) is 11.5 Å². The first-order chi connectivity index (χ1) is 14.2. The fourth-order valence-corrected chi connectivity index (χ4v) is 3.89. The van der Waals surface area contributed by atoms with Crippen molar-refractivity contribution < 1.29 is 19.8 Å². The van der Waals surface area contributed by atoms with Gasteiger partial charge < -0.3 is 15.5 Å². The summed E-state index contributed by atoms with van der Waals surface area (Å²) in [7, 11) is 0. The topological polar surface area (TPSA) is 86.6 Å². The Balaban J connectivity index is 1.97. The summed E-state index contributed by atoms with van der Waals surface area (Å²) in [4.78, 5) is 25.8. The number of rotatable bonds is 2. The van der Waals surface area contributed by atoms with Gasteiger partial charge in [-0.3, -0.25) is 9.59 Å². The Morgan fingerprint density at radius 1 is 0.800 bits per heavy atom. The number of phenols is 2. The number of aromatic hydroxyl groups is 2. The van der Waals surface area contributed by atoms with Crippen molar-refractivity contribution in [2.75, 3.05) is 5.32 Å². The monoisotopic (exact) mass is 401 g/mol. The van der Waals surface area contributed by atoms with Gasteiger partial charge in [-0.25, -0.2) is 0 Å². The first-order valence-corrected chi connectivity index (χ1v) is 9.79. The molecule has 1 amide bonds. The first kappa shape index (κ1) is 19.7. The summed E-state index contributed by atoms with van der Waals surface area (Å²) in [6.45, 7) is 5.51. The molecule has 1 aliphatic carbocycles. The number of carbonyl (C=O) groups is 2. The number of amides is 1. The lowest BCUT2D eigenvalue weighted by atomic mass is 9.73. The Morgan fingerprint density at radius 2 is 1.30 bits per heavy atom. The molecule has 30 heavy (non-hydrogen) atoms. The van der Waals surface area contributed by atoms with E-state index in [9.17, 15) is 19.8 Å². The average molecular weight is 401 g/mol. The minimum absolute atomic E-state index is 0.130. The average Bonchev–Trinajstić information content (AvgIpc) is 2.68. The zero-order valence-corrected chi connectivity index (χ0v) is 17.1. The molecule has 0 bridgehead atoms. The SMILES string of the molecule is CC(C)(C)C(=O)Nc1ccccc1C1c2cccc(O)c2C(=O)c2c(O)cccc21. The van der Waals surface area contributed by atoms with Gasteiger partial charge >= 0.3 is 0 Å². The van der Waals surface area contributed by atoms with E-state index in [1.807, 2.05) is 45.0 Å². The minimum Gasteiger partial charge on any atom is -0.507 e. The highest BCUT2D eigenvalue weighted by molar-refractivity contribution is 6.16. The van der Waals surface area contributed by atoms with E-state index in [-0.39, 0.29) is 28.5 Å². The Hall–Kier alpha value is -3.60. The van der Waals surface area contributed by atoms with Gasteiger partial charge in [-0.1, -0.05) is 63.2 Å². The lowest BCUT2D eigenvalue weighted by Crippen LogP contribution is -2.29. The Kier molecular flexibility index (Phi) is 4.61. The highest BCUT2D eigenvalue weighted by Gasteiger charge is 2.37. The van der Waals surface area contributed by atoms with Gasteiger partial charge in [0.15, 0.2) is 0 Å². The summed E-state index contributed by atoms with van der Waals surface area (Å²) < 4.78 is 0. The Bertz CT molecular complexity index is 1120. The predicted octanol–water partition coefficient (Wildman–Crippen LogP) is 4.81. The van der Waals surface area contributed by atoms with Crippen LogP contribution in [0.2, 0.25) is 0 Å². The second-order valence-electron chi connectivity index (χ2n) is 8.54. The smallest absolute Gasteiger partial charge is 0.229 e. The number of hydrogen-bond acceptors (Lipinski definition) is 4. The van der Waals surface area contributed by atoms with Crippen LogP contribution in [-0.2, 0) is 4.79 Å². The van der Waals surface area contributed by atoms with E-state index < -0.39 is 17.1 Å². The molecule has 1 aliphatic rings. The van der Waals surface area contributed by atoms with Crippen LogP contribution in [0.25, 0.3) is 0 Å². The van der Waals surface area contributed by atoms with Gasteiger partial charge in [-0.15, -0.1) is 0 Å². The van der Waals surface area contributed by atoms with Crippen LogP contribution in [0.3, 0.4) is 0 Å². The summed E-state index contributed by atoms with van der Waals surface area (Å²) in [5.41, 5.74) is 2.44. The van der Waals surface area contributed by atoms with Crippen LogP contribution in [0.5, 0.6) is 11.5 Å². The summed E-state index contributed by atoms with van der Waals surface area (Å²) in [6.07, 6.45) is 0. The molecule has 152 valence electrons. The van der Waals surface area contributed by atoms with Crippen molar-refractivity contribution in [1.82, 2.24) is 0 Å². The van der Waals surface area contributed by atoms with Crippen LogP contribution in [0.1, 0.15) is 59.3 Å². The van der Waals surface area contributed by atoms with Crippen LogP contribution in [0.4, 0.5) is 5.69 Å². The molecule has 3 N–H and O–H groups in total. The number of hydrogen-bond donors (Lipinski definition) is 3. The summed E-state index contributed by atoms with van der Waals surface area (Å²) in [5.74, 6) is -1.25. The molecular formula is C25H23NO4. The van der Waals surface area contributed by atoms with Crippen LogP contribution < -0.4 is 5.32 Å². The zero-order chi connectivity index (χ0) is 21.6. The molecule has 0 aliphatic heterocycles. The molecule has 0 fully saturated rings. The second-order valence-corrected chi connectivity index (χ2v) is 8.54. The standard InChI is InChI=1S/C25H23NO4/c1-25(2,3)24(30)26-17-11-5-4-8-14(17)20-15-9-6-12-18(27)21(15)23(29)22-16(20)10-7-13-19(22)28/h4-13,20,27-28H,1-3H3,(H,26,30). The Morgan fingerprint density at radius 3 is 1.83 bits per heavy atom. The number of anilines is 1. The largest absolute Gasteiger partial charge is 0.507 e. The van der Waals surface area contributed by atoms with Crippen LogP contribution in [0, 0.1) is 5.41 Å². The fourth-order valence-electron chi connectivity index (χ4n) is 3.89. The molecule has 0 saturated heterocycles. The van der Waals surface area contributed by atoms with Crippen LogP contribution in [0.15, 0.2) is 60.7 Å². The molecule has 3 aromatic rings. The molecule has 0 atom stereocenters. The molecule has 4 rings (SSSR count). The number of para-hydroxylation sites is 1. The van der Waals surface area contributed by atoms with Crippen molar-refractivity contribution in [2.24, 2.45) is 5.41 Å². The van der Waals surface area contributed by atoms with Crippen LogP contribution in [-0.4, -0.2) is 21.9 Å². The minimum atomic E-state index is -0.581. The van der Waals surface area contributed by atoms with Crippen molar-refractivity contribution in [1.29, 1.82) is 0 Å². The van der Waals surface area contributed by atoms with E-state index in [2.05, 4.69) is 5.32 Å². The van der Waals surface area contributed by atoms with Gasteiger partial charge in [0, 0.05) is 17.0 Å².